The number of methoxy groups -OCH3 is 1. The minimum Gasteiger partial charge on any atom is -0.790 e. The van der Waals surface area contributed by atoms with E-state index in [2.05, 4.69) is 48.8 Å². The molecule has 34 heteroatoms. The van der Waals surface area contributed by atoms with Crippen LogP contribution in [0, 0.1) is 5.41 Å². The topological polar surface area (TPSA) is 472 Å². The molecule has 0 saturated carbocycles. The van der Waals surface area contributed by atoms with Crippen molar-refractivity contribution in [2.75, 3.05) is 57.2 Å². The summed E-state index contributed by atoms with van der Waals surface area (Å²) in [5.41, 5.74) is 7.68. The van der Waals surface area contributed by atoms with E-state index in [0.717, 1.165) is 17.2 Å². The van der Waals surface area contributed by atoms with Gasteiger partial charge in [0.15, 0.2) is 23.5 Å². The van der Waals surface area contributed by atoms with Crippen molar-refractivity contribution >= 4 is 69.9 Å². The van der Waals surface area contributed by atoms with Crippen molar-refractivity contribution in [1.82, 2.24) is 35.5 Å². The van der Waals surface area contributed by atoms with E-state index in [1.165, 1.54) is 39.6 Å². The maximum Gasteiger partial charge on any atom is 0.274 e. The highest BCUT2D eigenvalue weighted by Crippen LogP contribution is 2.56. The molecule has 65 heavy (non-hydrogen) atoms. The Morgan fingerprint density at radius 1 is 1.00 bits per heavy atom. The van der Waals surface area contributed by atoms with Gasteiger partial charge in [0.25, 0.3) is 15.6 Å². The number of nitrogens with two attached hydrogens (primary N) is 2. The molecule has 4 heterocycles. The zero-order valence-corrected chi connectivity index (χ0v) is 38.4. The number of phosphoric acid groups is 3. The van der Waals surface area contributed by atoms with E-state index in [1.54, 1.807) is 0 Å². The van der Waals surface area contributed by atoms with Gasteiger partial charge in [0.2, 0.25) is 17.7 Å². The number of thioether (sulfide) groups is 1. The highest BCUT2D eigenvalue weighted by atomic mass is 32.2. The number of amides is 3. The van der Waals surface area contributed by atoms with Gasteiger partial charge in [-0.05, 0) is 6.92 Å². The van der Waals surface area contributed by atoms with Gasteiger partial charge in [-0.3, -0.25) is 28.1 Å². The molecule has 0 radical (unpaired) electrons. The van der Waals surface area contributed by atoms with Crippen molar-refractivity contribution in [1.29, 1.82) is 0 Å². The molecule has 0 aliphatic carbocycles. The van der Waals surface area contributed by atoms with Crippen molar-refractivity contribution in [2.45, 2.75) is 88.0 Å². The average molecular weight is 1010 g/mol. The summed E-state index contributed by atoms with van der Waals surface area (Å²) in [4.78, 5) is 97.1. The quantitative estimate of drug-likeness (QED) is 0.0349. The van der Waals surface area contributed by atoms with Crippen LogP contribution in [0.2, 0.25) is 0 Å². The number of hydrogen-bond acceptors (Lipinski definition) is 27. The Bertz CT molecular complexity index is 2120. The molecule has 2 aromatic heterocycles. The van der Waals surface area contributed by atoms with Gasteiger partial charge in [-0.1, -0.05) is 13.8 Å². The summed E-state index contributed by atoms with van der Waals surface area (Å²) < 4.78 is 71.7. The molecule has 0 spiro atoms. The number of rotatable bonds is 24. The van der Waals surface area contributed by atoms with Crippen LogP contribution < -0.4 is 47.0 Å². The van der Waals surface area contributed by atoms with Gasteiger partial charge < -0.3 is 99.8 Å². The lowest BCUT2D eigenvalue weighted by atomic mass is 9.87. The number of fused-ring (bicyclic) bond motifs is 1. The van der Waals surface area contributed by atoms with Crippen molar-refractivity contribution in [3.05, 3.63) is 12.7 Å². The lowest BCUT2D eigenvalue weighted by Crippen LogP contribution is -2.63. The van der Waals surface area contributed by atoms with Gasteiger partial charge in [0.1, 0.15) is 54.6 Å². The van der Waals surface area contributed by atoms with E-state index in [1.807, 2.05) is 0 Å². The van der Waals surface area contributed by atoms with Gasteiger partial charge >= 0.3 is 0 Å². The number of nitrogen functional groups attached to an aromatic ring is 1. The zero-order valence-electron chi connectivity index (χ0n) is 34.9. The minimum absolute atomic E-state index is 0.0160. The van der Waals surface area contributed by atoms with Crippen LogP contribution >= 0.6 is 35.2 Å². The maximum atomic E-state index is 12.6. The van der Waals surface area contributed by atoms with Crippen molar-refractivity contribution in [3.63, 3.8) is 0 Å². The molecule has 2 aromatic rings. The van der Waals surface area contributed by atoms with E-state index in [9.17, 15) is 68.1 Å². The summed E-state index contributed by atoms with van der Waals surface area (Å²) in [5, 5.41) is 49.3. The van der Waals surface area contributed by atoms with Crippen LogP contribution in [0.25, 0.3) is 11.2 Å². The van der Waals surface area contributed by atoms with Crippen LogP contribution in [0.5, 0.6) is 0 Å². The molecule has 2 aliphatic rings. The van der Waals surface area contributed by atoms with E-state index in [-0.39, 0.29) is 48.8 Å². The molecule has 2 aliphatic heterocycles. The molecular weight excluding hydrogens is 959 g/mol. The van der Waals surface area contributed by atoms with Crippen LogP contribution in [0.3, 0.4) is 0 Å². The third-order valence-electron chi connectivity index (χ3n) is 9.82. The Morgan fingerprint density at radius 3 is 2.34 bits per heavy atom. The number of aromatic nitrogens is 4. The summed E-state index contributed by atoms with van der Waals surface area (Å²) in [6, 6.07) is -0.982. The second-order valence-electron chi connectivity index (χ2n) is 15.2. The number of carbonyl (C=O) groups excluding carboxylic acids is 3. The second-order valence-corrected chi connectivity index (χ2v) is 20.4. The number of hydrogen-bond donors (Lipinski definition) is 9. The van der Waals surface area contributed by atoms with E-state index in [0.29, 0.717) is 5.75 Å². The van der Waals surface area contributed by atoms with Crippen LogP contribution in [0.1, 0.15) is 27.2 Å². The van der Waals surface area contributed by atoms with Gasteiger partial charge in [-0.15, -0.1) is 0 Å². The molecule has 0 aromatic carbocycles. The highest BCUT2D eigenvalue weighted by Gasteiger charge is 2.55. The van der Waals surface area contributed by atoms with Gasteiger partial charge in [0.05, 0.1) is 39.2 Å². The van der Waals surface area contributed by atoms with Crippen molar-refractivity contribution < 1.29 is 100 Å². The largest absolute Gasteiger partial charge is 0.790 e. The van der Waals surface area contributed by atoms with Crippen molar-refractivity contribution in [3.8, 4) is 0 Å². The minimum atomic E-state index is -5.97. The predicted octanol–water partition coefficient (Wildman–Crippen LogP) is -6.68. The van der Waals surface area contributed by atoms with Crippen LogP contribution in [0.4, 0.5) is 5.82 Å². The molecule has 11 N–H and O–H groups in total. The average Bonchev–Trinajstić information content (AvgIpc) is 3.76. The highest BCUT2D eigenvalue weighted by molar-refractivity contribution is 7.99. The molecule has 12 atom stereocenters. The number of nitrogens with one attached hydrogen (secondary N) is 3. The first-order valence-electron chi connectivity index (χ1n) is 19.1. The molecule has 2 fully saturated rings. The third-order valence-corrected chi connectivity index (χ3v) is 13.8. The Balaban J connectivity index is 1.17. The first-order chi connectivity index (χ1) is 30.1. The lowest BCUT2D eigenvalue weighted by Gasteiger charge is -2.40. The summed E-state index contributed by atoms with van der Waals surface area (Å²) >= 11 is 1.17. The smallest absolute Gasteiger partial charge is 0.274 e. The molecule has 12 unspecified atom stereocenters. The van der Waals surface area contributed by atoms with Crippen LogP contribution in [-0.4, -0.2) is 164 Å². The zero-order chi connectivity index (χ0) is 48.7. The molecule has 30 nitrogen and oxygen atoms in total. The fourth-order valence-corrected chi connectivity index (χ4v) is 9.66. The molecule has 370 valence electrons. The second kappa shape index (κ2) is 22.5. The standard InChI is InChI=1S/C31H54N9O21P3S/c1-30(2,25(46)28(47)35-6-5-17(41)34-7-8-65-11-18(42)36-9-15-21(43)22(44)19(32)29(55-4)58-15)12-57-64(53,54)61-63(51,52)56-10-16-23(60-62(48,49)50)24(45)31(3,59-16)40-14-39-20-26(33)37-13-38-27(20)40/h13-16,19,21-25,29,43-46H,5-12,32H2,1-4H3,(H,34,41)(H,35,47)(H,36,42)(H,51,52)(H,53,54)(H2,33,37,38)(H2,48,49,50)/p-4. The van der Waals surface area contributed by atoms with Crippen LogP contribution in [-0.2, 0) is 65.9 Å². The van der Waals surface area contributed by atoms with E-state index < -0.39 is 121 Å². The Hall–Kier alpha value is -2.84. The number of aliphatic hydroxyl groups excluding tert-OH is 4. The molecule has 3 amide bonds. The number of nitrogens with zero attached hydrogens (tertiary/aromatic N) is 4. The fourth-order valence-electron chi connectivity index (χ4n) is 6.26. The molecule has 4 rings (SSSR count). The van der Waals surface area contributed by atoms with E-state index in [4.69, 9.17) is 25.7 Å². The number of carbonyl (C=O) groups is 3. The number of anilines is 1. The summed E-state index contributed by atoms with van der Waals surface area (Å²) in [6.45, 7) is 0.905. The lowest BCUT2D eigenvalue weighted by molar-refractivity contribution is -0.347. The first kappa shape index (κ1) is 54.8. The Labute approximate surface area is 373 Å². The Kier molecular flexibility index (Phi) is 19.0. The number of imidazole rings is 1. The third kappa shape index (κ3) is 14.8. The number of aliphatic hydroxyl groups is 4. The first-order valence-corrected chi connectivity index (χ1v) is 24.6. The predicted molar refractivity (Wildman–Crippen MR) is 211 cm³/mol. The van der Waals surface area contributed by atoms with Gasteiger partial charge in [0, 0.05) is 44.3 Å². The summed E-state index contributed by atoms with van der Waals surface area (Å²) in [7, 11) is -16.4. The molecule has 0 bridgehead atoms. The maximum absolute atomic E-state index is 12.6. The number of phosphoric ester groups is 3. The van der Waals surface area contributed by atoms with E-state index >= 15 is 0 Å². The monoisotopic (exact) mass is 1010 g/mol. The van der Waals surface area contributed by atoms with Crippen molar-refractivity contribution in [2.24, 2.45) is 11.1 Å². The summed E-state index contributed by atoms with van der Waals surface area (Å²) in [5.74, 6) is -1.78. The summed E-state index contributed by atoms with van der Waals surface area (Å²) in [6.07, 6.45) is -10.9. The molecule has 2 saturated heterocycles. The fraction of sp³-hybridized carbons (Fsp3) is 0.742. The van der Waals surface area contributed by atoms with Gasteiger partial charge in [-0.2, -0.15) is 11.8 Å². The molecular formula is C31H50N9O21P3S-4. The number of ether oxygens (including phenoxy) is 3. The van der Waals surface area contributed by atoms with Crippen LogP contribution in [0.15, 0.2) is 12.7 Å². The Morgan fingerprint density at radius 2 is 1.68 bits per heavy atom. The SMILES string of the molecule is COC1OC(CNC(=O)CSCCNC(=O)CCNC(=O)C(O)C(C)(C)COP(=O)([O-])OP(=O)([O-])OCC2OC(C)(n3cnc4c(N)ncnc43)C(O)C2OP(=O)([O-])[O-])C(O)C(O)C1N. The normalized spacial score (nSPS) is 28.6. The van der Waals surface area contributed by atoms with Gasteiger partial charge in [-0.25, -0.2) is 19.3 Å².